The van der Waals surface area contributed by atoms with E-state index in [2.05, 4.69) is 10.4 Å². The molecular formula is C23H21ClN4O2. The first kappa shape index (κ1) is 21.2. The third-order valence-electron chi connectivity index (χ3n) is 4.54. The molecule has 2 aromatic carbocycles. The van der Waals surface area contributed by atoms with Crippen molar-refractivity contribution in [1.29, 1.82) is 5.26 Å². The van der Waals surface area contributed by atoms with Crippen LogP contribution in [-0.4, -0.2) is 22.8 Å². The Kier molecular flexibility index (Phi) is 6.55. The predicted molar refractivity (Wildman–Crippen MR) is 117 cm³/mol. The molecule has 0 radical (unpaired) electrons. The van der Waals surface area contributed by atoms with E-state index in [9.17, 15) is 10.1 Å². The van der Waals surface area contributed by atoms with Gasteiger partial charge in [-0.1, -0.05) is 47.5 Å². The van der Waals surface area contributed by atoms with E-state index in [4.69, 9.17) is 16.3 Å². The van der Waals surface area contributed by atoms with Crippen LogP contribution in [0.5, 0.6) is 5.75 Å². The van der Waals surface area contributed by atoms with Crippen LogP contribution in [0.4, 0.5) is 5.69 Å². The minimum absolute atomic E-state index is 0.0716. The summed E-state index contributed by atoms with van der Waals surface area (Å²) in [6.45, 7) is 4.31. The molecule has 1 heterocycles. The number of amides is 1. The standard InChI is InChI=1S/C23H21ClN4O2/c1-15-7-9-17(10-8-15)14-28-22(24)21(16(2)27-28)11-18(13-25)23(29)26-19-5-4-6-20(12-19)30-3/h4-12H,14H2,1-3H3,(H,26,29)/b18-11+. The molecule has 0 bridgehead atoms. The first-order valence-corrected chi connectivity index (χ1v) is 9.64. The van der Waals surface area contributed by atoms with Gasteiger partial charge in [-0.05, 0) is 37.6 Å². The fourth-order valence-electron chi connectivity index (χ4n) is 2.89. The maximum absolute atomic E-state index is 12.6. The van der Waals surface area contributed by atoms with E-state index in [1.165, 1.54) is 11.6 Å². The molecule has 152 valence electrons. The van der Waals surface area contributed by atoms with Crippen LogP contribution in [0.1, 0.15) is 22.4 Å². The number of ether oxygens (including phenoxy) is 1. The third kappa shape index (κ3) is 4.88. The highest BCUT2D eigenvalue weighted by molar-refractivity contribution is 6.31. The van der Waals surface area contributed by atoms with Gasteiger partial charge in [0, 0.05) is 17.3 Å². The van der Waals surface area contributed by atoms with Gasteiger partial charge in [0.2, 0.25) is 0 Å². The number of carbonyl (C=O) groups excluding carboxylic acids is 1. The maximum Gasteiger partial charge on any atom is 0.266 e. The smallest absolute Gasteiger partial charge is 0.266 e. The molecule has 0 aliphatic carbocycles. The van der Waals surface area contributed by atoms with Gasteiger partial charge in [0.25, 0.3) is 5.91 Å². The lowest BCUT2D eigenvalue weighted by atomic mass is 10.1. The molecule has 0 fully saturated rings. The lowest BCUT2D eigenvalue weighted by Gasteiger charge is -2.06. The van der Waals surface area contributed by atoms with E-state index in [0.717, 1.165) is 5.56 Å². The van der Waals surface area contributed by atoms with Gasteiger partial charge in [0.15, 0.2) is 0 Å². The van der Waals surface area contributed by atoms with Crippen molar-refractivity contribution < 1.29 is 9.53 Å². The minimum atomic E-state index is -0.535. The second-order valence-electron chi connectivity index (χ2n) is 6.79. The highest BCUT2D eigenvalue weighted by atomic mass is 35.5. The highest BCUT2D eigenvalue weighted by Crippen LogP contribution is 2.24. The van der Waals surface area contributed by atoms with Crippen LogP contribution in [-0.2, 0) is 11.3 Å². The van der Waals surface area contributed by atoms with E-state index >= 15 is 0 Å². The average Bonchev–Trinajstić information content (AvgIpc) is 3.00. The number of aromatic nitrogens is 2. The van der Waals surface area contributed by atoms with Crippen LogP contribution in [0, 0.1) is 25.2 Å². The summed E-state index contributed by atoms with van der Waals surface area (Å²) in [7, 11) is 1.54. The SMILES string of the molecule is COc1cccc(NC(=O)/C(C#N)=C/c2c(C)nn(Cc3ccc(C)cc3)c2Cl)c1. The monoisotopic (exact) mass is 420 g/mol. The quantitative estimate of drug-likeness (QED) is 0.460. The van der Waals surface area contributed by atoms with Crippen molar-refractivity contribution in [2.24, 2.45) is 0 Å². The summed E-state index contributed by atoms with van der Waals surface area (Å²) in [5.41, 5.74) is 3.86. The van der Waals surface area contributed by atoms with Gasteiger partial charge in [-0.2, -0.15) is 10.4 Å². The van der Waals surface area contributed by atoms with Crippen molar-refractivity contribution >= 4 is 29.3 Å². The summed E-state index contributed by atoms with van der Waals surface area (Å²) in [5, 5.41) is 17.0. The van der Waals surface area contributed by atoms with Crippen LogP contribution in [0.25, 0.3) is 6.08 Å². The van der Waals surface area contributed by atoms with Gasteiger partial charge in [-0.15, -0.1) is 0 Å². The molecular weight excluding hydrogens is 400 g/mol. The summed E-state index contributed by atoms with van der Waals surface area (Å²) < 4.78 is 6.80. The number of benzene rings is 2. The van der Waals surface area contributed by atoms with Gasteiger partial charge in [-0.3, -0.25) is 4.79 Å². The Labute approximate surface area is 180 Å². The number of methoxy groups -OCH3 is 1. The number of nitrogens with one attached hydrogen (secondary N) is 1. The zero-order valence-corrected chi connectivity index (χ0v) is 17.7. The van der Waals surface area contributed by atoms with Crippen molar-refractivity contribution in [3.63, 3.8) is 0 Å². The van der Waals surface area contributed by atoms with Crippen LogP contribution in [0.3, 0.4) is 0 Å². The number of nitrogens with zero attached hydrogens (tertiary/aromatic N) is 3. The average molecular weight is 421 g/mol. The molecule has 0 spiro atoms. The van der Waals surface area contributed by atoms with Crippen molar-refractivity contribution in [1.82, 2.24) is 9.78 Å². The van der Waals surface area contributed by atoms with Gasteiger partial charge >= 0.3 is 0 Å². The third-order valence-corrected chi connectivity index (χ3v) is 4.94. The molecule has 0 saturated carbocycles. The molecule has 7 heteroatoms. The van der Waals surface area contributed by atoms with Gasteiger partial charge < -0.3 is 10.1 Å². The second kappa shape index (κ2) is 9.29. The number of hydrogen-bond donors (Lipinski definition) is 1. The Bertz CT molecular complexity index is 1140. The number of hydrogen-bond acceptors (Lipinski definition) is 4. The number of nitriles is 1. The minimum Gasteiger partial charge on any atom is -0.497 e. The summed E-state index contributed by atoms with van der Waals surface area (Å²) in [6, 6.07) is 16.9. The number of anilines is 1. The van der Waals surface area contributed by atoms with E-state index < -0.39 is 5.91 Å². The molecule has 0 unspecified atom stereocenters. The van der Waals surface area contributed by atoms with E-state index in [1.807, 2.05) is 37.3 Å². The Balaban J connectivity index is 1.84. The van der Waals surface area contributed by atoms with E-state index in [0.29, 0.717) is 34.4 Å². The molecule has 3 rings (SSSR count). The molecule has 6 nitrogen and oxygen atoms in total. The topological polar surface area (TPSA) is 79.9 Å². The van der Waals surface area contributed by atoms with Crippen LogP contribution < -0.4 is 10.1 Å². The Morgan fingerprint density at radius 3 is 2.67 bits per heavy atom. The van der Waals surface area contributed by atoms with Crippen molar-refractivity contribution in [3.05, 3.63) is 81.6 Å². The summed E-state index contributed by atoms with van der Waals surface area (Å²) in [4.78, 5) is 12.6. The molecule has 30 heavy (non-hydrogen) atoms. The van der Waals surface area contributed by atoms with Crippen LogP contribution >= 0.6 is 11.6 Å². The Hall–Kier alpha value is -3.56. The summed E-state index contributed by atoms with van der Waals surface area (Å²) >= 11 is 6.51. The normalized spacial score (nSPS) is 11.1. The lowest BCUT2D eigenvalue weighted by molar-refractivity contribution is -0.112. The molecule has 0 atom stereocenters. The van der Waals surface area contributed by atoms with E-state index in [1.54, 1.807) is 43.0 Å². The molecule has 1 aromatic heterocycles. The number of aryl methyl sites for hydroxylation is 2. The maximum atomic E-state index is 12.6. The fourth-order valence-corrected chi connectivity index (χ4v) is 3.18. The Morgan fingerprint density at radius 2 is 2.00 bits per heavy atom. The summed E-state index contributed by atoms with van der Waals surface area (Å²) in [5.74, 6) is 0.0686. The zero-order chi connectivity index (χ0) is 21.7. The van der Waals surface area contributed by atoms with Crippen LogP contribution in [0.15, 0.2) is 54.1 Å². The number of carbonyl (C=O) groups is 1. The molecule has 1 N–H and O–H groups in total. The van der Waals surface area contributed by atoms with Gasteiger partial charge in [0.05, 0.1) is 19.3 Å². The van der Waals surface area contributed by atoms with Crippen molar-refractivity contribution in [2.75, 3.05) is 12.4 Å². The molecule has 1 amide bonds. The highest BCUT2D eigenvalue weighted by Gasteiger charge is 2.16. The molecule has 0 saturated heterocycles. The summed E-state index contributed by atoms with van der Waals surface area (Å²) in [6.07, 6.45) is 1.46. The Morgan fingerprint density at radius 1 is 1.27 bits per heavy atom. The number of rotatable bonds is 6. The molecule has 0 aliphatic rings. The predicted octanol–water partition coefficient (Wildman–Crippen LogP) is 4.76. The molecule has 3 aromatic rings. The van der Waals surface area contributed by atoms with E-state index in [-0.39, 0.29) is 5.57 Å². The van der Waals surface area contributed by atoms with Crippen molar-refractivity contribution in [2.45, 2.75) is 20.4 Å². The largest absolute Gasteiger partial charge is 0.497 e. The van der Waals surface area contributed by atoms with Gasteiger partial charge in [0.1, 0.15) is 22.5 Å². The van der Waals surface area contributed by atoms with Crippen LogP contribution in [0.2, 0.25) is 5.15 Å². The molecule has 0 aliphatic heterocycles. The first-order valence-electron chi connectivity index (χ1n) is 9.27. The first-order chi connectivity index (χ1) is 14.4. The van der Waals surface area contributed by atoms with Gasteiger partial charge in [-0.25, -0.2) is 4.68 Å². The second-order valence-corrected chi connectivity index (χ2v) is 7.15. The zero-order valence-electron chi connectivity index (χ0n) is 16.9. The fraction of sp³-hybridized carbons (Fsp3) is 0.174. The van der Waals surface area contributed by atoms with Crippen molar-refractivity contribution in [3.8, 4) is 11.8 Å². The number of halogens is 1. The lowest BCUT2D eigenvalue weighted by Crippen LogP contribution is -2.13.